The smallest absolute Gasteiger partial charge is 0.411 e. The molecular formula is C34H30B4F8N8. The van der Waals surface area contributed by atoms with Gasteiger partial charge in [0.1, 0.15) is 0 Å². The van der Waals surface area contributed by atoms with Crippen LogP contribution in [0, 0.1) is 0 Å². The highest BCUT2D eigenvalue weighted by atomic mass is 19.3. The zero-order valence-electron chi connectivity index (χ0n) is 29.0. The maximum Gasteiger partial charge on any atom is 0.869 e. The monoisotopic (exact) mass is 746 g/mol. The lowest BCUT2D eigenvalue weighted by Gasteiger charge is -2.34. The third kappa shape index (κ3) is 3.92. The molecule has 2 aromatic carbocycles. The maximum absolute atomic E-state index is 17.5. The zero-order chi connectivity index (χ0) is 37.7. The van der Waals surface area contributed by atoms with Crippen LogP contribution in [0.25, 0.3) is 23.5 Å². The first-order valence-electron chi connectivity index (χ1n) is 18.0. The lowest BCUT2D eigenvalue weighted by Crippen LogP contribution is -2.61. The Balaban J connectivity index is 1.23. The highest BCUT2D eigenvalue weighted by Crippen LogP contribution is 2.45. The van der Waals surface area contributed by atoms with E-state index < -0.39 is 39.6 Å². The van der Waals surface area contributed by atoms with Crippen molar-refractivity contribution in [2.24, 2.45) is 0 Å². The summed E-state index contributed by atoms with van der Waals surface area (Å²) in [5, 5.41) is 0. The number of hydrazone groups is 4. The Bertz CT molecular complexity index is 2410. The van der Waals surface area contributed by atoms with Crippen LogP contribution in [0.5, 0.6) is 0 Å². The summed E-state index contributed by atoms with van der Waals surface area (Å²) in [6, 6.07) is 15.2. The molecule has 54 heavy (non-hydrogen) atoms. The first kappa shape index (κ1) is 33.1. The fourth-order valence-corrected chi connectivity index (χ4v) is 9.12. The number of anilines is 2. The minimum atomic E-state index is -5.17. The normalized spacial score (nSPS) is 21.1. The Morgan fingerprint density at radius 2 is 0.907 bits per heavy atom. The Hall–Kier alpha value is -5.54. The van der Waals surface area contributed by atoms with E-state index >= 15 is 34.5 Å². The predicted molar refractivity (Wildman–Crippen MR) is 196 cm³/mol. The summed E-state index contributed by atoms with van der Waals surface area (Å²) in [5.74, 6) is -0.931. The number of aryl methyl sites for hydroxylation is 2. The maximum atomic E-state index is 17.5. The number of fused-ring (bicyclic) bond motifs is 10. The zero-order valence-corrected chi connectivity index (χ0v) is 29.0. The fourth-order valence-electron chi connectivity index (χ4n) is 9.12. The number of benzene rings is 2. The van der Waals surface area contributed by atoms with Crippen molar-refractivity contribution in [1.82, 2.24) is 8.96 Å². The van der Waals surface area contributed by atoms with Crippen molar-refractivity contribution < 1.29 is 52.9 Å². The first-order chi connectivity index (χ1) is 25.7. The fraction of sp³-hybridized carbons (Fsp3) is 0.176. The van der Waals surface area contributed by atoms with E-state index in [-0.39, 0.29) is 76.5 Å². The molecule has 0 spiro atoms. The molecule has 0 bridgehead atoms. The number of hydrogen-bond donors (Lipinski definition) is 0. The van der Waals surface area contributed by atoms with Crippen LogP contribution in [-0.4, -0.2) is 79.3 Å². The van der Waals surface area contributed by atoms with Gasteiger partial charge in [-0.05, 0) is 60.4 Å². The largest absolute Gasteiger partial charge is 0.869 e. The summed E-state index contributed by atoms with van der Waals surface area (Å²) >= 11 is 0. The van der Waals surface area contributed by atoms with E-state index in [2.05, 4.69) is 0 Å². The third-order valence-corrected chi connectivity index (χ3v) is 11.3. The van der Waals surface area contributed by atoms with Crippen LogP contribution in [0.15, 0.2) is 72.8 Å². The van der Waals surface area contributed by atoms with Crippen molar-refractivity contribution in [1.29, 1.82) is 0 Å². The first-order valence-corrected chi connectivity index (χ1v) is 18.0. The van der Waals surface area contributed by atoms with Crippen molar-refractivity contribution in [3.63, 3.8) is 0 Å². The van der Waals surface area contributed by atoms with E-state index in [4.69, 9.17) is 0 Å². The van der Waals surface area contributed by atoms with E-state index in [1.807, 2.05) is 0 Å². The lowest BCUT2D eigenvalue weighted by atomic mass is 9.89. The van der Waals surface area contributed by atoms with Gasteiger partial charge in [-0.15, -0.1) is 0 Å². The van der Waals surface area contributed by atoms with Crippen LogP contribution in [0.4, 0.5) is 45.9 Å². The molecule has 6 aliphatic heterocycles. The van der Waals surface area contributed by atoms with E-state index in [1.54, 1.807) is 50.2 Å². The topological polar surface area (TPSA) is 28.4 Å². The van der Waals surface area contributed by atoms with Gasteiger partial charge >= 0.3 is 27.9 Å². The molecule has 0 amide bonds. The number of halogens is 8. The summed E-state index contributed by atoms with van der Waals surface area (Å²) in [6.07, 6.45) is 8.57. The lowest BCUT2D eigenvalue weighted by molar-refractivity contribution is -1.00. The van der Waals surface area contributed by atoms with Gasteiger partial charge < -0.3 is 43.5 Å². The van der Waals surface area contributed by atoms with Crippen LogP contribution >= 0.6 is 0 Å². The molecule has 0 saturated carbocycles. The van der Waals surface area contributed by atoms with Gasteiger partial charge in [-0.1, -0.05) is 63.1 Å². The van der Waals surface area contributed by atoms with Crippen molar-refractivity contribution >= 4 is 75.5 Å². The van der Waals surface area contributed by atoms with Crippen LogP contribution in [0.3, 0.4) is 0 Å². The second-order valence-corrected chi connectivity index (χ2v) is 14.4. The van der Waals surface area contributed by atoms with Crippen LogP contribution in [0.1, 0.15) is 60.3 Å². The molecular weight excluding hydrogens is 716 g/mol. The van der Waals surface area contributed by atoms with Crippen molar-refractivity contribution in [3.05, 3.63) is 106 Å². The second-order valence-electron chi connectivity index (χ2n) is 14.4. The molecule has 10 rings (SSSR count). The average Bonchev–Trinajstić information content (AvgIpc) is 3.82. The van der Waals surface area contributed by atoms with Gasteiger partial charge in [0.2, 0.25) is 0 Å². The quantitative estimate of drug-likeness (QED) is 0.168. The van der Waals surface area contributed by atoms with Crippen LogP contribution in [0.2, 0.25) is 0 Å². The third-order valence-electron chi connectivity index (χ3n) is 11.3. The molecule has 0 radical (unpaired) electrons. The summed E-state index contributed by atoms with van der Waals surface area (Å²) in [4.78, 5) is 1.22. The van der Waals surface area contributed by atoms with Gasteiger partial charge in [0.25, 0.3) is 11.7 Å². The Kier molecular flexibility index (Phi) is 6.47. The molecule has 8 nitrogen and oxygen atoms in total. The number of hydrogen-bond acceptors (Lipinski definition) is 2. The van der Waals surface area contributed by atoms with E-state index in [0.29, 0.717) is 42.5 Å². The Labute approximate surface area is 304 Å². The van der Waals surface area contributed by atoms with Gasteiger partial charge in [-0.25, -0.2) is 0 Å². The van der Waals surface area contributed by atoms with Gasteiger partial charge in [0.15, 0.2) is 12.4 Å². The van der Waals surface area contributed by atoms with Gasteiger partial charge in [0, 0.05) is 34.7 Å². The van der Waals surface area contributed by atoms with E-state index in [0.717, 1.165) is 12.4 Å². The molecule has 8 heterocycles. The summed E-state index contributed by atoms with van der Waals surface area (Å²) < 4.78 is 138. The van der Waals surface area contributed by atoms with Crippen molar-refractivity contribution in [2.45, 2.75) is 39.5 Å². The summed E-state index contributed by atoms with van der Waals surface area (Å²) in [6.45, 7) is -16.4. The molecule has 4 aromatic rings. The number of aromatic nitrogens is 2. The molecule has 274 valence electrons. The highest BCUT2D eigenvalue weighted by molar-refractivity contribution is 6.72. The number of nitrogens with zero attached hydrogens (tertiary/aromatic N) is 8. The Morgan fingerprint density at radius 1 is 0.519 bits per heavy atom. The predicted octanol–water partition coefficient (Wildman–Crippen LogP) is 6.69. The van der Waals surface area contributed by atoms with Gasteiger partial charge in [0.05, 0.1) is 22.8 Å². The molecule has 0 fully saturated rings. The minimum absolute atomic E-state index is 0.0512. The number of rotatable bonds is 5. The van der Waals surface area contributed by atoms with Crippen LogP contribution in [-0.2, 0) is 12.8 Å². The van der Waals surface area contributed by atoms with Crippen molar-refractivity contribution in [3.8, 4) is 11.4 Å². The Morgan fingerprint density at radius 3 is 1.30 bits per heavy atom. The number of hydrazine groups is 2. The second kappa shape index (κ2) is 10.6. The number of para-hydroxylation sites is 2. The summed E-state index contributed by atoms with van der Waals surface area (Å²) in [5.41, 5.74) is 0.335. The van der Waals surface area contributed by atoms with E-state index in [1.165, 1.54) is 48.6 Å². The van der Waals surface area contributed by atoms with Crippen LogP contribution < -0.4 is 9.62 Å². The molecule has 0 saturated heterocycles. The average molecular weight is 746 g/mol. The van der Waals surface area contributed by atoms with Gasteiger partial charge in [-0.3, -0.25) is 9.62 Å². The van der Waals surface area contributed by atoms with Gasteiger partial charge in [-0.2, -0.15) is 18.4 Å². The molecule has 2 aromatic heterocycles. The standard InChI is InChI=1S/C34H30B4F8N8/c1-3-9-25-19-29(49-31(25)21-47-35(39,40)51-27-13-7-5-11-23(27)15-17-33(51)53(47)37(49,43)44)30-20-26(10-4-2)32-22-48-36(41,42)52-28-14-8-6-12-24(28)16-18-34(52)54(48)38(45,46)50(30)32/h5-8,11-22H,3-4,9-10H2,1-2H3. The SMILES string of the molecule is CCCc1cc(-c2cc(CCC)c3n2[B-](F)(F)[N+]2=C4C=Cc5ccccc5N4[B-](F)(F)[N+]2=C3)n2c1C=[N+]1[N+](=C3C=Cc4ccccc4N3[B-]1(F)F)[B-]2(F)F. The van der Waals surface area contributed by atoms with Crippen molar-refractivity contribution in [2.75, 3.05) is 9.62 Å². The highest BCUT2D eigenvalue weighted by Gasteiger charge is 2.74. The number of amidine groups is 2. The molecule has 20 heteroatoms. The molecule has 0 aliphatic carbocycles. The molecule has 0 unspecified atom stereocenters. The minimum Gasteiger partial charge on any atom is -0.411 e. The molecule has 0 N–H and O–H groups in total. The summed E-state index contributed by atoms with van der Waals surface area (Å²) in [7, 11) is 0. The molecule has 0 atom stereocenters. The molecule has 6 aliphatic rings. The van der Waals surface area contributed by atoms with E-state index in [9.17, 15) is 0 Å².